The Bertz CT molecular complexity index is 624. The number of rotatable bonds is 4. The van der Waals surface area contributed by atoms with Gasteiger partial charge in [-0.15, -0.1) is 0 Å². The van der Waals surface area contributed by atoms with Crippen molar-refractivity contribution in [2.24, 2.45) is 0 Å². The van der Waals surface area contributed by atoms with Gasteiger partial charge in [-0.1, -0.05) is 25.1 Å². The van der Waals surface area contributed by atoms with Crippen LogP contribution in [0.1, 0.15) is 22.8 Å². The first-order chi connectivity index (χ1) is 9.65. The Kier molecular flexibility index (Phi) is 4.25. The fourth-order valence-corrected chi connectivity index (χ4v) is 2.01. The van der Waals surface area contributed by atoms with Crippen molar-refractivity contribution in [1.82, 2.24) is 0 Å². The Hall–Kier alpha value is -2.49. The third-order valence-corrected chi connectivity index (χ3v) is 3.15. The predicted molar refractivity (Wildman–Crippen MR) is 81.2 cm³/mol. The first kappa shape index (κ1) is 13.9. The van der Waals surface area contributed by atoms with Crippen LogP contribution in [-0.4, -0.2) is 13.0 Å². The van der Waals surface area contributed by atoms with Crippen molar-refractivity contribution in [3.63, 3.8) is 0 Å². The molecule has 0 aliphatic heterocycles. The Labute approximate surface area is 118 Å². The fraction of sp³-hybridized carbons (Fsp3) is 0.188. The molecular weight excluding hydrogens is 252 g/mol. The molecule has 0 bridgehead atoms. The Balaban J connectivity index is 2.24. The molecule has 2 aromatic carbocycles. The molecule has 0 atom stereocenters. The standard InChI is InChI=1S/C16H18N2O2/c1-3-11-6-4-5-7-15(11)18-16(19)13-9-8-12(20-2)10-14(13)17/h4-10H,3,17H2,1-2H3,(H,18,19). The number of hydrogen-bond donors (Lipinski definition) is 2. The van der Waals surface area contributed by atoms with Crippen LogP contribution >= 0.6 is 0 Å². The number of carbonyl (C=O) groups is 1. The lowest BCUT2D eigenvalue weighted by Gasteiger charge is -2.11. The Morgan fingerprint density at radius 1 is 1.25 bits per heavy atom. The SMILES string of the molecule is CCc1ccccc1NC(=O)c1ccc(OC)cc1N. The highest BCUT2D eigenvalue weighted by Gasteiger charge is 2.12. The lowest BCUT2D eigenvalue weighted by atomic mass is 10.1. The molecule has 0 fully saturated rings. The van der Waals surface area contributed by atoms with E-state index in [0.29, 0.717) is 17.0 Å². The van der Waals surface area contributed by atoms with Crippen LogP contribution in [0.3, 0.4) is 0 Å². The van der Waals surface area contributed by atoms with Gasteiger partial charge in [0.15, 0.2) is 0 Å². The van der Waals surface area contributed by atoms with E-state index >= 15 is 0 Å². The minimum absolute atomic E-state index is 0.217. The topological polar surface area (TPSA) is 64.3 Å². The van der Waals surface area contributed by atoms with Crippen LogP contribution in [-0.2, 0) is 6.42 Å². The van der Waals surface area contributed by atoms with E-state index < -0.39 is 0 Å². The van der Waals surface area contributed by atoms with Gasteiger partial charge >= 0.3 is 0 Å². The van der Waals surface area contributed by atoms with E-state index in [-0.39, 0.29) is 5.91 Å². The highest BCUT2D eigenvalue weighted by molar-refractivity contribution is 6.08. The summed E-state index contributed by atoms with van der Waals surface area (Å²) >= 11 is 0. The van der Waals surface area contributed by atoms with E-state index in [1.54, 1.807) is 25.3 Å². The number of nitrogens with two attached hydrogens (primary N) is 1. The average molecular weight is 270 g/mol. The smallest absolute Gasteiger partial charge is 0.257 e. The predicted octanol–water partition coefficient (Wildman–Crippen LogP) is 3.09. The third-order valence-electron chi connectivity index (χ3n) is 3.15. The van der Waals surface area contributed by atoms with Crippen LogP contribution in [0.2, 0.25) is 0 Å². The maximum Gasteiger partial charge on any atom is 0.257 e. The van der Waals surface area contributed by atoms with Crippen molar-refractivity contribution in [3.05, 3.63) is 53.6 Å². The second-order valence-corrected chi connectivity index (χ2v) is 4.42. The molecule has 0 spiro atoms. The molecular formula is C16H18N2O2. The summed E-state index contributed by atoms with van der Waals surface area (Å²) in [6.45, 7) is 2.05. The zero-order valence-electron chi connectivity index (χ0n) is 11.6. The Morgan fingerprint density at radius 2 is 2.00 bits per heavy atom. The van der Waals surface area contributed by atoms with E-state index in [1.165, 1.54) is 0 Å². The minimum Gasteiger partial charge on any atom is -0.497 e. The largest absolute Gasteiger partial charge is 0.497 e. The molecule has 0 radical (unpaired) electrons. The molecule has 4 nitrogen and oxygen atoms in total. The van der Waals surface area contributed by atoms with E-state index in [2.05, 4.69) is 5.32 Å². The van der Waals surface area contributed by atoms with Crippen molar-refractivity contribution in [1.29, 1.82) is 0 Å². The summed E-state index contributed by atoms with van der Waals surface area (Å²) in [6.07, 6.45) is 0.856. The van der Waals surface area contributed by atoms with Gasteiger partial charge in [0.2, 0.25) is 0 Å². The number of hydrogen-bond acceptors (Lipinski definition) is 3. The molecule has 2 aromatic rings. The van der Waals surface area contributed by atoms with E-state index in [9.17, 15) is 4.79 Å². The molecule has 0 saturated carbocycles. The molecule has 0 aromatic heterocycles. The van der Waals surface area contributed by atoms with E-state index in [1.807, 2.05) is 31.2 Å². The molecule has 0 heterocycles. The van der Waals surface area contributed by atoms with Gasteiger partial charge in [0.1, 0.15) is 5.75 Å². The number of amides is 1. The average Bonchev–Trinajstić information content (AvgIpc) is 2.47. The first-order valence-electron chi connectivity index (χ1n) is 6.48. The summed E-state index contributed by atoms with van der Waals surface area (Å²) in [5.41, 5.74) is 8.63. The van der Waals surface area contributed by atoms with Crippen LogP contribution in [0.5, 0.6) is 5.75 Å². The van der Waals surface area contributed by atoms with Crippen molar-refractivity contribution < 1.29 is 9.53 Å². The molecule has 0 saturated heterocycles. The van der Waals surface area contributed by atoms with Gasteiger partial charge in [-0.05, 0) is 30.2 Å². The van der Waals surface area contributed by atoms with Crippen LogP contribution < -0.4 is 15.8 Å². The summed E-state index contributed by atoms with van der Waals surface area (Å²) in [5, 5.41) is 2.90. The summed E-state index contributed by atoms with van der Waals surface area (Å²) in [5.74, 6) is 0.416. The maximum atomic E-state index is 12.3. The van der Waals surface area contributed by atoms with Gasteiger partial charge in [0, 0.05) is 17.4 Å². The van der Waals surface area contributed by atoms with Crippen LogP contribution in [0.25, 0.3) is 0 Å². The molecule has 2 rings (SSSR count). The van der Waals surface area contributed by atoms with E-state index in [0.717, 1.165) is 17.7 Å². The molecule has 3 N–H and O–H groups in total. The minimum atomic E-state index is -0.217. The monoisotopic (exact) mass is 270 g/mol. The fourth-order valence-electron chi connectivity index (χ4n) is 2.01. The number of methoxy groups -OCH3 is 1. The number of aryl methyl sites for hydroxylation is 1. The van der Waals surface area contributed by atoms with Crippen LogP contribution in [0.4, 0.5) is 11.4 Å². The Morgan fingerprint density at radius 3 is 2.65 bits per heavy atom. The highest BCUT2D eigenvalue weighted by atomic mass is 16.5. The zero-order chi connectivity index (χ0) is 14.5. The number of benzene rings is 2. The third kappa shape index (κ3) is 2.91. The maximum absolute atomic E-state index is 12.3. The molecule has 4 heteroatoms. The molecule has 104 valence electrons. The van der Waals surface area contributed by atoms with E-state index in [4.69, 9.17) is 10.5 Å². The van der Waals surface area contributed by atoms with Crippen molar-refractivity contribution in [2.75, 3.05) is 18.2 Å². The normalized spacial score (nSPS) is 10.1. The van der Waals surface area contributed by atoms with Crippen LogP contribution in [0.15, 0.2) is 42.5 Å². The summed E-state index contributed by atoms with van der Waals surface area (Å²) in [6, 6.07) is 12.8. The van der Waals surface area contributed by atoms with Crippen molar-refractivity contribution in [2.45, 2.75) is 13.3 Å². The summed E-state index contributed by atoms with van der Waals surface area (Å²) in [4.78, 5) is 12.3. The number of anilines is 2. The lowest BCUT2D eigenvalue weighted by molar-refractivity contribution is 0.102. The van der Waals surface area contributed by atoms with Crippen LogP contribution in [0, 0.1) is 0 Å². The second kappa shape index (κ2) is 6.10. The van der Waals surface area contributed by atoms with Crippen molar-refractivity contribution in [3.8, 4) is 5.75 Å². The summed E-state index contributed by atoms with van der Waals surface area (Å²) < 4.78 is 5.07. The van der Waals surface area contributed by atoms with Gasteiger partial charge in [-0.25, -0.2) is 0 Å². The highest BCUT2D eigenvalue weighted by Crippen LogP contribution is 2.22. The number of carbonyl (C=O) groups excluding carboxylic acids is 1. The van der Waals surface area contributed by atoms with Gasteiger partial charge < -0.3 is 15.8 Å². The molecule has 0 unspecified atom stereocenters. The molecule has 1 amide bonds. The zero-order valence-corrected chi connectivity index (χ0v) is 11.6. The van der Waals surface area contributed by atoms with Gasteiger partial charge in [0.25, 0.3) is 5.91 Å². The first-order valence-corrected chi connectivity index (χ1v) is 6.48. The number of para-hydroxylation sites is 1. The summed E-state index contributed by atoms with van der Waals surface area (Å²) in [7, 11) is 1.56. The second-order valence-electron chi connectivity index (χ2n) is 4.42. The quantitative estimate of drug-likeness (QED) is 0.839. The number of ether oxygens (including phenoxy) is 1. The van der Waals surface area contributed by atoms with Crippen molar-refractivity contribution >= 4 is 17.3 Å². The molecule has 0 aliphatic rings. The van der Waals surface area contributed by atoms with Gasteiger partial charge in [-0.2, -0.15) is 0 Å². The molecule has 20 heavy (non-hydrogen) atoms. The molecule has 0 aliphatic carbocycles. The van der Waals surface area contributed by atoms with Gasteiger partial charge in [0.05, 0.1) is 12.7 Å². The number of nitrogens with one attached hydrogen (secondary N) is 1. The lowest BCUT2D eigenvalue weighted by Crippen LogP contribution is -2.15. The number of nitrogen functional groups attached to an aromatic ring is 1. The van der Waals surface area contributed by atoms with Gasteiger partial charge in [-0.3, -0.25) is 4.79 Å².